The maximum atomic E-state index is 4.35. The molecule has 0 N–H and O–H groups in total. The molecule has 1 aromatic heterocycles. The molecule has 0 amide bonds. The maximum Gasteiger partial charge on any atom is 0.0442 e. The van der Waals surface area contributed by atoms with Crippen LogP contribution >= 0.6 is 15.9 Å². The Bertz CT molecular complexity index is 235. The van der Waals surface area contributed by atoms with Crippen LogP contribution in [0.2, 0.25) is 0 Å². The minimum atomic E-state index is 0.501. The van der Waals surface area contributed by atoms with Crippen LogP contribution in [0.15, 0.2) is 24.4 Å². The maximum absolute atomic E-state index is 4.35. The van der Waals surface area contributed by atoms with Gasteiger partial charge in [0.05, 0.1) is 0 Å². The molecule has 1 heterocycles. The van der Waals surface area contributed by atoms with E-state index in [9.17, 15) is 0 Å². The van der Waals surface area contributed by atoms with Crippen molar-refractivity contribution in [3.8, 4) is 0 Å². The molecule has 0 aliphatic rings. The van der Waals surface area contributed by atoms with Gasteiger partial charge >= 0.3 is 0 Å². The molecule has 0 saturated carbocycles. The van der Waals surface area contributed by atoms with E-state index in [0.29, 0.717) is 10.7 Å². The number of hydrogen-bond donors (Lipinski definition) is 0. The summed E-state index contributed by atoms with van der Waals surface area (Å²) < 4.78 is 0. The molecule has 0 radical (unpaired) electrons. The number of alkyl halides is 1. The van der Waals surface area contributed by atoms with Gasteiger partial charge in [0.2, 0.25) is 0 Å². The number of nitrogens with zero attached hydrogens (tertiary/aromatic N) is 1. The zero-order valence-corrected chi connectivity index (χ0v) is 9.79. The van der Waals surface area contributed by atoms with E-state index in [4.69, 9.17) is 0 Å². The van der Waals surface area contributed by atoms with E-state index in [1.165, 1.54) is 18.5 Å². The molecule has 0 fully saturated rings. The number of hydrogen-bond acceptors (Lipinski definition) is 1. The summed E-state index contributed by atoms with van der Waals surface area (Å²) in [6, 6.07) is 6.10. The molecule has 13 heavy (non-hydrogen) atoms. The van der Waals surface area contributed by atoms with Crippen molar-refractivity contribution in [1.82, 2.24) is 4.98 Å². The Hall–Kier alpha value is -0.370. The van der Waals surface area contributed by atoms with Gasteiger partial charge in [-0.25, -0.2) is 0 Å². The van der Waals surface area contributed by atoms with Gasteiger partial charge in [-0.15, -0.1) is 0 Å². The topological polar surface area (TPSA) is 12.9 Å². The highest BCUT2D eigenvalue weighted by Gasteiger charge is 2.15. The van der Waals surface area contributed by atoms with Crippen molar-refractivity contribution in [2.24, 2.45) is 0 Å². The second-order valence-electron chi connectivity index (χ2n) is 3.35. The van der Waals surface area contributed by atoms with Gasteiger partial charge in [0.1, 0.15) is 0 Å². The Balaban J connectivity index is 2.62. The van der Waals surface area contributed by atoms with Crippen molar-refractivity contribution in [2.75, 3.05) is 0 Å². The molecule has 0 bridgehead atoms. The lowest BCUT2D eigenvalue weighted by molar-refractivity contribution is 0.637. The Kier molecular flexibility index (Phi) is 4.43. The first-order chi connectivity index (χ1) is 6.25. The highest BCUT2D eigenvalue weighted by molar-refractivity contribution is 9.09. The lowest BCUT2D eigenvalue weighted by atomic mass is 10.0. The lowest BCUT2D eigenvalue weighted by Crippen LogP contribution is -2.09. The molecule has 1 aromatic rings. The summed E-state index contributed by atoms with van der Waals surface area (Å²) in [5, 5.41) is 0. The molecule has 2 atom stereocenters. The van der Waals surface area contributed by atoms with Gasteiger partial charge in [0, 0.05) is 22.6 Å². The third kappa shape index (κ3) is 3.11. The summed E-state index contributed by atoms with van der Waals surface area (Å²) in [6.07, 6.45) is 4.28. The van der Waals surface area contributed by atoms with Crippen LogP contribution in [-0.4, -0.2) is 9.81 Å². The molecule has 1 rings (SSSR count). The number of pyridine rings is 1. The van der Waals surface area contributed by atoms with Gasteiger partial charge in [-0.1, -0.05) is 42.3 Å². The Morgan fingerprint density at radius 2 is 2.23 bits per heavy atom. The van der Waals surface area contributed by atoms with E-state index in [-0.39, 0.29) is 0 Å². The average Bonchev–Trinajstić information content (AvgIpc) is 2.18. The fourth-order valence-electron chi connectivity index (χ4n) is 1.36. The molecular formula is C11H16BrN. The first kappa shape index (κ1) is 10.7. The number of aromatic nitrogens is 1. The van der Waals surface area contributed by atoms with Gasteiger partial charge in [-0.2, -0.15) is 0 Å². The van der Waals surface area contributed by atoms with Crippen molar-refractivity contribution in [3.63, 3.8) is 0 Å². The molecule has 0 spiro atoms. The van der Waals surface area contributed by atoms with Crippen LogP contribution in [0.25, 0.3) is 0 Å². The van der Waals surface area contributed by atoms with Crippen LogP contribution in [-0.2, 0) is 0 Å². The highest BCUT2D eigenvalue weighted by atomic mass is 79.9. The molecule has 0 aliphatic carbocycles. The molecule has 72 valence electrons. The molecular weight excluding hydrogens is 226 g/mol. The van der Waals surface area contributed by atoms with Gasteiger partial charge in [0.15, 0.2) is 0 Å². The summed E-state index contributed by atoms with van der Waals surface area (Å²) in [4.78, 5) is 4.90. The van der Waals surface area contributed by atoms with Gasteiger partial charge < -0.3 is 0 Å². The summed E-state index contributed by atoms with van der Waals surface area (Å²) in [7, 11) is 0. The highest BCUT2D eigenvalue weighted by Crippen LogP contribution is 2.26. The zero-order valence-electron chi connectivity index (χ0n) is 8.20. The van der Waals surface area contributed by atoms with Crippen LogP contribution in [0.3, 0.4) is 0 Å². The molecule has 0 aromatic carbocycles. The molecule has 0 saturated heterocycles. The SMILES string of the molecule is CCCC(Br)C(C)c1ccccn1. The largest absolute Gasteiger partial charge is 0.261 e. The molecule has 2 unspecified atom stereocenters. The molecule has 0 aliphatic heterocycles. The molecule has 1 nitrogen and oxygen atoms in total. The Morgan fingerprint density at radius 3 is 2.77 bits per heavy atom. The van der Waals surface area contributed by atoms with E-state index in [2.05, 4.69) is 40.8 Å². The smallest absolute Gasteiger partial charge is 0.0442 e. The Labute approximate surface area is 88.7 Å². The van der Waals surface area contributed by atoms with Crippen molar-refractivity contribution < 1.29 is 0 Å². The normalized spacial score (nSPS) is 15.3. The Morgan fingerprint density at radius 1 is 1.46 bits per heavy atom. The second kappa shape index (κ2) is 5.38. The van der Waals surface area contributed by atoms with Crippen LogP contribution in [0.4, 0.5) is 0 Å². The summed E-state index contributed by atoms with van der Waals surface area (Å²) >= 11 is 3.70. The second-order valence-corrected chi connectivity index (χ2v) is 4.52. The minimum absolute atomic E-state index is 0.501. The van der Waals surface area contributed by atoms with Crippen LogP contribution in [0.1, 0.15) is 38.3 Å². The van der Waals surface area contributed by atoms with Crippen molar-refractivity contribution >= 4 is 15.9 Å². The summed E-state index contributed by atoms with van der Waals surface area (Å²) in [6.45, 7) is 4.43. The van der Waals surface area contributed by atoms with Crippen molar-refractivity contribution in [1.29, 1.82) is 0 Å². The van der Waals surface area contributed by atoms with Crippen LogP contribution in [0.5, 0.6) is 0 Å². The minimum Gasteiger partial charge on any atom is -0.261 e. The summed E-state index contributed by atoms with van der Waals surface area (Å²) in [5.41, 5.74) is 1.18. The van der Waals surface area contributed by atoms with Crippen molar-refractivity contribution in [2.45, 2.75) is 37.4 Å². The third-order valence-corrected chi connectivity index (χ3v) is 3.51. The predicted octanol–water partition coefficient (Wildman–Crippen LogP) is 3.75. The van der Waals surface area contributed by atoms with Gasteiger partial charge in [0.25, 0.3) is 0 Å². The number of halogens is 1. The summed E-state index contributed by atoms with van der Waals surface area (Å²) in [5.74, 6) is 0.501. The fourth-order valence-corrected chi connectivity index (χ4v) is 2.09. The van der Waals surface area contributed by atoms with E-state index in [1.807, 2.05) is 18.3 Å². The van der Waals surface area contributed by atoms with Crippen molar-refractivity contribution in [3.05, 3.63) is 30.1 Å². The van der Waals surface area contributed by atoms with Gasteiger partial charge in [-0.3, -0.25) is 4.98 Å². The predicted molar refractivity (Wildman–Crippen MR) is 60.3 cm³/mol. The monoisotopic (exact) mass is 241 g/mol. The average molecular weight is 242 g/mol. The van der Waals surface area contributed by atoms with E-state index >= 15 is 0 Å². The fraction of sp³-hybridized carbons (Fsp3) is 0.545. The van der Waals surface area contributed by atoms with Gasteiger partial charge in [-0.05, 0) is 18.6 Å². The lowest BCUT2D eigenvalue weighted by Gasteiger charge is -2.16. The standard InChI is InChI=1S/C11H16BrN/c1-3-6-10(12)9(2)11-7-4-5-8-13-11/h4-5,7-10H,3,6H2,1-2H3. The first-order valence-corrected chi connectivity index (χ1v) is 5.72. The van der Waals surface area contributed by atoms with Crippen LogP contribution < -0.4 is 0 Å². The third-order valence-electron chi connectivity index (χ3n) is 2.26. The van der Waals surface area contributed by atoms with E-state index in [1.54, 1.807) is 0 Å². The quantitative estimate of drug-likeness (QED) is 0.733. The van der Waals surface area contributed by atoms with Crippen LogP contribution in [0, 0.1) is 0 Å². The first-order valence-electron chi connectivity index (χ1n) is 4.80. The zero-order chi connectivity index (χ0) is 9.68. The van der Waals surface area contributed by atoms with E-state index < -0.39 is 0 Å². The number of rotatable bonds is 4. The molecule has 2 heteroatoms. The van der Waals surface area contributed by atoms with E-state index in [0.717, 1.165) is 0 Å².